The molecular weight excluding hydrogens is 400 g/mol. The number of para-hydroxylation sites is 1. The van der Waals surface area contributed by atoms with Gasteiger partial charge in [0.05, 0.1) is 12.2 Å². The normalized spacial score (nSPS) is 18.3. The van der Waals surface area contributed by atoms with Crippen molar-refractivity contribution >= 4 is 35.5 Å². The largest absolute Gasteiger partial charge is 0.331 e. The second-order valence-corrected chi connectivity index (χ2v) is 8.06. The molecule has 0 bridgehead atoms. The Morgan fingerprint density at radius 3 is 2.67 bits per heavy atom. The van der Waals surface area contributed by atoms with Gasteiger partial charge in [0.25, 0.3) is 5.91 Å². The summed E-state index contributed by atoms with van der Waals surface area (Å²) in [5, 5.41) is 4.56. The molecule has 7 nitrogen and oxygen atoms in total. The van der Waals surface area contributed by atoms with Crippen LogP contribution in [-0.4, -0.2) is 40.2 Å². The van der Waals surface area contributed by atoms with Crippen molar-refractivity contribution < 1.29 is 14.4 Å². The number of hydrogen-bond acceptors (Lipinski definition) is 5. The number of amides is 4. The van der Waals surface area contributed by atoms with Crippen LogP contribution in [0.4, 0.5) is 10.5 Å². The monoisotopic (exact) mass is 422 g/mol. The molecule has 2 heterocycles. The van der Waals surface area contributed by atoms with Crippen molar-refractivity contribution in [3.05, 3.63) is 76.3 Å². The number of hydrogen-bond donors (Lipinski definition) is 2. The molecule has 2 aliphatic heterocycles. The molecule has 30 heavy (non-hydrogen) atoms. The molecule has 1 fully saturated rings. The van der Waals surface area contributed by atoms with Crippen molar-refractivity contribution in [3.8, 4) is 0 Å². The van der Waals surface area contributed by atoms with Crippen LogP contribution in [0.25, 0.3) is 0 Å². The fourth-order valence-corrected chi connectivity index (χ4v) is 4.35. The minimum absolute atomic E-state index is 0.158. The predicted molar refractivity (Wildman–Crippen MR) is 116 cm³/mol. The maximum absolute atomic E-state index is 13.2. The lowest BCUT2D eigenvalue weighted by Gasteiger charge is -2.38. The van der Waals surface area contributed by atoms with E-state index in [9.17, 15) is 14.4 Å². The van der Waals surface area contributed by atoms with Crippen LogP contribution in [0, 0.1) is 13.8 Å². The Hall–Kier alpha value is -3.10. The summed E-state index contributed by atoms with van der Waals surface area (Å²) in [6.07, 6.45) is 0. The fourth-order valence-electron chi connectivity index (χ4n) is 3.54. The number of benzene rings is 2. The Kier molecular flexibility index (Phi) is 5.61. The van der Waals surface area contributed by atoms with Crippen molar-refractivity contribution in [1.29, 1.82) is 0 Å². The zero-order valence-electron chi connectivity index (χ0n) is 16.7. The summed E-state index contributed by atoms with van der Waals surface area (Å²) in [5.74, 6) is -0.632. The van der Waals surface area contributed by atoms with Crippen LogP contribution in [-0.2, 0) is 16.1 Å². The maximum Gasteiger partial charge on any atom is 0.331 e. The highest BCUT2D eigenvalue weighted by atomic mass is 32.2. The molecule has 0 aromatic heterocycles. The Morgan fingerprint density at radius 1 is 1.10 bits per heavy atom. The van der Waals surface area contributed by atoms with E-state index in [-0.39, 0.29) is 24.9 Å². The number of aryl methyl sites for hydroxylation is 2. The summed E-state index contributed by atoms with van der Waals surface area (Å²) in [6, 6.07) is 14.0. The van der Waals surface area contributed by atoms with Gasteiger partial charge in [-0.1, -0.05) is 60.0 Å². The van der Waals surface area contributed by atoms with Crippen LogP contribution in [0.5, 0.6) is 0 Å². The SMILES string of the molecule is Cc1cccc(CN2C(=O)C3NSC=C3N(CC(=O)Nc3ccccc3C)C2=O)c1. The third-order valence-electron chi connectivity index (χ3n) is 5.09. The van der Waals surface area contributed by atoms with E-state index in [1.165, 1.54) is 21.7 Å². The van der Waals surface area contributed by atoms with E-state index < -0.39 is 12.1 Å². The number of fused-ring (bicyclic) bond motifs is 1. The predicted octanol–water partition coefficient (Wildman–Crippen LogP) is 3.17. The molecule has 2 N–H and O–H groups in total. The van der Waals surface area contributed by atoms with Gasteiger partial charge in [0.15, 0.2) is 0 Å². The van der Waals surface area contributed by atoms with E-state index in [0.29, 0.717) is 11.4 Å². The molecule has 4 rings (SSSR count). The van der Waals surface area contributed by atoms with E-state index in [2.05, 4.69) is 10.0 Å². The Bertz CT molecular complexity index is 1050. The van der Waals surface area contributed by atoms with Gasteiger partial charge in [0, 0.05) is 11.1 Å². The average molecular weight is 423 g/mol. The topological polar surface area (TPSA) is 81.8 Å². The number of nitrogens with zero attached hydrogens (tertiary/aromatic N) is 2. The van der Waals surface area contributed by atoms with E-state index in [0.717, 1.165) is 16.7 Å². The van der Waals surface area contributed by atoms with Crippen molar-refractivity contribution in [1.82, 2.24) is 14.5 Å². The van der Waals surface area contributed by atoms with Gasteiger partial charge in [-0.2, -0.15) is 0 Å². The van der Waals surface area contributed by atoms with E-state index in [4.69, 9.17) is 0 Å². The summed E-state index contributed by atoms with van der Waals surface area (Å²) < 4.78 is 3.03. The molecule has 0 aliphatic carbocycles. The first kappa shape index (κ1) is 20.2. The van der Waals surface area contributed by atoms with Gasteiger partial charge in [-0.05, 0) is 31.0 Å². The first-order chi connectivity index (χ1) is 14.4. The summed E-state index contributed by atoms with van der Waals surface area (Å²) in [6.45, 7) is 3.85. The number of imide groups is 1. The molecule has 2 aliphatic rings. The van der Waals surface area contributed by atoms with Gasteiger partial charge >= 0.3 is 6.03 Å². The second kappa shape index (κ2) is 8.33. The molecule has 154 valence electrons. The maximum atomic E-state index is 13.2. The van der Waals surface area contributed by atoms with Gasteiger partial charge in [-0.25, -0.2) is 9.52 Å². The molecule has 2 aromatic rings. The van der Waals surface area contributed by atoms with Crippen molar-refractivity contribution in [2.24, 2.45) is 0 Å². The minimum Gasteiger partial charge on any atom is -0.324 e. The van der Waals surface area contributed by atoms with E-state index >= 15 is 0 Å². The van der Waals surface area contributed by atoms with Crippen LogP contribution in [0.3, 0.4) is 0 Å². The molecule has 1 atom stereocenters. The molecule has 2 aromatic carbocycles. The van der Waals surface area contributed by atoms with Gasteiger partial charge < -0.3 is 5.32 Å². The Balaban J connectivity index is 1.55. The summed E-state index contributed by atoms with van der Waals surface area (Å²) in [5.41, 5.74) is 4.05. The van der Waals surface area contributed by atoms with Crippen LogP contribution in [0.1, 0.15) is 16.7 Å². The highest BCUT2D eigenvalue weighted by molar-refractivity contribution is 8.00. The smallest absolute Gasteiger partial charge is 0.324 e. The third-order valence-corrected chi connectivity index (χ3v) is 5.82. The zero-order valence-corrected chi connectivity index (χ0v) is 17.5. The number of nitrogens with one attached hydrogen (secondary N) is 2. The lowest BCUT2D eigenvalue weighted by Crippen LogP contribution is -2.59. The first-order valence-corrected chi connectivity index (χ1v) is 10.5. The number of carbonyl (C=O) groups excluding carboxylic acids is 3. The molecule has 0 saturated carbocycles. The minimum atomic E-state index is -0.649. The standard InChI is InChI=1S/C22H22N4O3S/c1-14-6-5-8-16(10-14)11-26-21(28)20-18(13-30-24-20)25(22(26)29)12-19(27)23-17-9-4-3-7-15(17)2/h3-10,13,20,24H,11-12H2,1-2H3,(H,23,27). The van der Waals surface area contributed by atoms with Gasteiger partial charge in [0.1, 0.15) is 12.6 Å². The zero-order chi connectivity index (χ0) is 21.3. The Morgan fingerprint density at radius 2 is 1.90 bits per heavy atom. The highest BCUT2D eigenvalue weighted by Crippen LogP contribution is 2.30. The molecule has 0 radical (unpaired) electrons. The van der Waals surface area contributed by atoms with Gasteiger partial charge in [0.2, 0.25) is 5.91 Å². The van der Waals surface area contributed by atoms with Crippen LogP contribution < -0.4 is 10.0 Å². The molecule has 0 spiro atoms. The van der Waals surface area contributed by atoms with Gasteiger partial charge in [-0.15, -0.1) is 0 Å². The van der Waals surface area contributed by atoms with Crippen molar-refractivity contribution in [2.45, 2.75) is 26.4 Å². The van der Waals surface area contributed by atoms with Crippen LogP contribution in [0.2, 0.25) is 0 Å². The summed E-state index contributed by atoms with van der Waals surface area (Å²) in [7, 11) is 0. The fraction of sp³-hybridized carbons (Fsp3) is 0.227. The number of rotatable bonds is 5. The first-order valence-electron chi connectivity index (χ1n) is 9.59. The lowest BCUT2D eigenvalue weighted by molar-refractivity contribution is -0.132. The van der Waals surface area contributed by atoms with E-state index in [1.807, 2.05) is 62.4 Å². The lowest BCUT2D eigenvalue weighted by atomic mass is 10.1. The second-order valence-electron chi connectivity index (χ2n) is 7.36. The molecule has 4 amide bonds. The highest BCUT2D eigenvalue weighted by Gasteiger charge is 2.45. The molecule has 1 unspecified atom stereocenters. The number of anilines is 1. The van der Waals surface area contributed by atoms with Crippen LogP contribution in [0.15, 0.2) is 59.6 Å². The van der Waals surface area contributed by atoms with Gasteiger partial charge in [-0.3, -0.25) is 19.4 Å². The molecular formula is C22H22N4O3S. The average Bonchev–Trinajstić information content (AvgIpc) is 3.20. The number of urea groups is 1. The summed E-state index contributed by atoms with van der Waals surface area (Å²) in [4.78, 5) is 41.4. The van der Waals surface area contributed by atoms with Crippen molar-refractivity contribution in [2.75, 3.05) is 11.9 Å². The molecule has 1 saturated heterocycles. The van der Waals surface area contributed by atoms with E-state index in [1.54, 1.807) is 5.41 Å². The Labute approximate surface area is 179 Å². The van der Waals surface area contributed by atoms with Crippen LogP contribution >= 0.6 is 11.9 Å². The quantitative estimate of drug-likeness (QED) is 0.724. The van der Waals surface area contributed by atoms with Crippen molar-refractivity contribution in [3.63, 3.8) is 0 Å². The number of carbonyl (C=O) groups is 3. The third kappa shape index (κ3) is 3.96. The molecule has 8 heteroatoms. The summed E-state index contributed by atoms with van der Waals surface area (Å²) >= 11 is 1.25.